The molecule has 1 heterocycles. The minimum absolute atomic E-state index is 0.224. The van der Waals surface area contributed by atoms with Gasteiger partial charge in [-0.1, -0.05) is 30.3 Å². The van der Waals surface area contributed by atoms with Gasteiger partial charge in [-0.2, -0.15) is 0 Å². The average molecular weight is 353 g/mol. The maximum atomic E-state index is 12.4. The lowest BCUT2D eigenvalue weighted by molar-refractivity contribution is -0.117. The molecule has 3 rings (SSSR count). The van der Waals surface area contributed by atoms with Crippen molar-refractivity contribution in [2.45, 2.75) is 25.8 Å². The standard InChI is InChI=1S/C21H27N3O2/c1-16-15-18(23-21(25)20(22)17-7-3-2-4-8-17)9-10-19(16)26-14-13-24-11-5-6-12-24/h2-4,7-10,15,20H,5-6,11-14,22H2,1H3,(H,23,25). The summed E-state index contributed by atoms with van der Waals surface area (Å²) in [7, 11) is 0. The normalized spacial score (nSPS) is 15.6. The topological polar surface area (TPSA) is 67.6 Å². The van der Waals surface area contributed by atoms with Gasteiger partial charge in [-0.05, 0) is 62.2 Å². The second kappa shape index (κ2) is 8.83. The molecular weight excluding hydrogens is 326 g/mol. The molecule has 1 fully saturated rings. The Bertz CT molecular complexity index is 727. The third kappa shape index (κ3) is 4.84. The third-order valence-corrected chi connectivity index (χ3v) is 4.75. The predicted molar refractivity (Wildman–Crippen MR) is 104 cm³/mol. The summed E-state index contributed by atoms with van der Waals surface area (Å²) in [6.07, 6.45) is 2.58. The van der Waals surface area contributed by atoms with Crippen LogP contribution in [0.2, 0.25) is 0 Å². The summed E-state index contributed by atoms with van der Waals surface area (Å²) in [5.41, 5.74) is 8.56. The number of benzene rings is 2. The van der Waals surface area contributed by atoms with Crippen LogP contribution in [0.5, 0.6) is 5.75 Å². The molecule has 1 aliphatic heterocycles. The molecule has 26 heavy (non-hydrogen) atoms. The fourth-order valence-electron chi connectivity index (χ4n) is 3.21. The molecule has 2 aromatic rings. The Morgan fingerprint density at radius 1 is 1.19 bits per heavy atom. The molecule has 3 N–H and O–H groups in total. The van der Waals surface area contributed by atoms with E-state index in [2.05, 4.69) is 10.2 Å². The van der Waals surface area contributed by atoms with Crippen LogP contribution in [-0.2, 0) is 4.79 Å². The molecule has 0 radical (unpaired) electrons. The Hall–Kier alpha value is -2.37. The maximum Gasteiger partial charge on any atom is 0.245 e. The van der Waals surface area contributed by atoms with Crippen LogP contribution in [0.1, 0.15) is 30.0 Å². The van der Waals surface area contributed by atoms with E-state index in [0.717, 1.165) is 29.1 Å². The van der Waals surface area contributed by atoms with E-state index in [1.54, 1.807) is 0 Å². The van der Waals surface area contributed by atoms with Gasteiger partial charge >= 0.3 is 0 Å². The van der Waals surface area contributed by atoms with E-state index < -0.39 is 6.04 Å². The third-order valence-electron chi connectivity index (χ3n) is 4.75. The van der Waals surface area contributed by atoms with Crippen LogP contribution >= 0.6 is 0 Å². The van der Waals surface area contributed by atoms with Crippen LogP contribution < -0.4 is 15.8 Å². The summed E-state index contributed by atoms with van der Waals surface area (Å²) in [6, 6.07) is 14.4. The molecule has 1 saturated heterocycles. The maximum absolute atomic E-state index is 12.4. The number of rotatable bonds is 7. The van der Waals surface area contributed by atoms with Crippen molar-refractivity contribution < 1.29 is 9.53 Å². The number of aryl methyl sites for hydroxylation is 1. The molecule has 0 bridgehead atoms. The van der Waals surface area contributed by atoms with Gasteiger partial charge in [0.2, 0.25) is 5.91 Å². The molecular formula is C21H27N3O2. The smallest absolute Gasteiger partial charge is 0.245 e. The molecule has 1 aliphatic rings. The zero-order valence-corrected chi connectivity index (χ0v) is 15.3. The van der Waals surface area contributed by atoms with E-state index in [0.29, 0.717) is 6.61 Å². The number of carbonyl (C=O) groups excluding carboxylic acids is 1. The first-order chi connectivity index (χ1) is 12.6. The Morgan fingerprint density at radius 2 is 1.92 bits per heavy atom. The van der Waals surface area contributed by atoms with Gasteiger partial charge in [0.05, 0.1) is 0 Å². The molecule has 1 unspecified atom stereocenters. The van der Waals surface area contributed by atoms with Gasteiger partial charge < -0.3 is 15.8 Å². The highest BCUT2D eigenvalue weighted by atomic mass is 16.5. The van der Waals surface area contributed by atoms with Gasteiger partial charge in [0, 0.05) is 12.2 Å². The van der Waals surface area contributed by atoms with Crippen molar-refractivity contribution in [3.05, 3.63) is 59.7 Å². The monoisotopic (exact) mass is 353 g/mol. The Labute approximate surface area is 155 Å². The van der Waals surface area contributed by atoms with Gasteiger partial charge in [0.25, 0.3) is 0 Å². The first-order valence-corrected chi connectivity index (χ1v) is 9.21. The van der Waals surface area contributed by atoms with Crippen molar-refractivity contribution in [1.82, 2.24) is 4.90 Å². The lowest BCUT2D eigenvalue weighted by Crippen LogP contribution is -2.27. The molecule has 5 heteroatoms. The largest absolute Gasteiger partial charge is 0.492 e. The highest BCUT2D eigenvalue weighted by Crippen LogP contribution is 2.23. The summed E-state index contributed by atoms with van der Waals surface area (Å²) in [5.74, 6) is 0.632. The Balaban J connectivity index is 1.54. The van der Waals surface area contributed by atoms with E-state index in [1.165, 1.54) is 25.9 Å². The number of amides is 1. The molecule has 5 nitrogen and oxygen atoms in total. The van der Waals surface area contributed by atoms with Gasteiger partial charge in [-0.25, -0.2) is 0 Å². The lowest BCUT2D eigenvalue weighted by atomic mass is 10.1. The fourth-order valence-corrected chi connectivity index (χ4v) is 3.21. The molecule has 1 amide bonds. The van der Waals surface area contributed by atoms with Gasteiger partial charge in [0.1, 0.15) is 18.4 Å². The molecule has 1 atom stereocenters. The number of hydrogen-bond donors (Lipinski definition) is 2. The molecule has 138 valence electrons. The van der Waals surface area contributed by atoms with E-state index in [1.807, 2.05) is 55.5 Å². The number of nitrogens with zero attached hydrogens (tertiary/aromatic N) is 1. The van der Waals surface area contributed by atoms with Crippen LogP contribution in [-0.4, -0.2) is 37.0 Å². The van der Waals surface area contributed by atoms with Crippen molar-refractivity contribution >= 4 is 11.6 Å². The zero-order chi connectivity index (χ0) is 18.4. The summed E-state index contributed by atoms with van der Waals surface area (Å²) >= 11 is 0. The van der Waals surface area contributed by atoms with E-state index >= 15 is 0 Å². The first kappa shape index (κ1) is 18.4. The summed E-state index contributed by atoms with van der Waals surface area (Å²) < 4.78 is 5.90. The number of ether oxygens (including phenoxy) is 1. The van der Waals surface area contributed by atoms with Crippen molar-refractivity contribution in [3.8, 4) is 5.75 Å². The van der Waals surface area contributed by atoms with Crippen LogP contribution in [0.3, 0.4) is 0 Å². The molecule has 2 aromatic carbocycles. The number of hydrogen-bond acceptors (Lipinski definition) is 4. The fraction of sp³-hybridized carbons (Fsp3) is 0.381. The number of nitrogens with two attached hydrogens (primary N) is 1. The Morgan fingerprint density at radius 3 is 2.62 bits per heavy atom. The molecule has 0 saturated carbocycles. The van der Waals surface area contributed by atoms with Crippen LogP contribution in [0.15, 0.2) is 48.5 Å². The number of anilines is 1. The number of likely N-dealkylation sites (tertiary alicyclic amines) is 1. The molecule has 0 aliphatic carbocycles. The minimum atomic E-state index is -0.687. The van der Waals surface area contributed by atoms with Gasteiger partial charge in [0.15, 0.2) is 0 Å². The van der Waals surface area contributed by atoms with Crippen molar-refractivity contribution in [1.29, 1.82) is 0 Å². The minimum Gasteiger partial charge on any atom is -0.492 e. The van der Waals surface area contributed by atoms with Crippen LogP contribution in [0.4, 0.5) is 5.69 Å². The zero-order valence-electron chi connectivity index (χ0n) is 15.3. The quantitative estimate of drug-likeness (QED) is 0.803. The summed E-state index contributed by atoms with van der Waals surface area (Å²) in [5, 5.41) is 2.88. The second-order valence-corrected chi connectivity index (χ2v) is 6.76. The summed E-state index contributed by atoms with van der Waals surface area (Å²) in [6.45, 7) is 5.98. The van der Waals surface area contributed by atoms with Crippen molar-refractivity contribution in [2.24, 2.45) is 5.73 Å². The highest BCUT2D eigenvalue weighted by Gasteiger charge is 2.16. The Kier molecular flexibility index (Phi) is 6.26. The van der Waals surface area contributed by atoms with Gasteiger partial charge in [-0.15, -0.1) is 0 Å². The first-order valence-electron chi connectivity index (χ1n) is 9.21. The van der Waals surface area contributed by atoms with Crippen molar-refractivity contribution in [3.63, 3.8) is 0 Å². The number of nitrogens with one attached hydrogen (secondary N) is 1. The second-order valence-electron chi connectivity index (χ2n) is 6.76. The SMILES string of the molecule is Cc1cc(NC(=O)C(N)c2ccccc2)ccc1OCCN1CCCC1. The predicted octanol–water partition coefficient (Wildman–Crippen LogP) is 3.11. The number of carbonyl (C=O) groups is 1. The molecule has 0 aromatic heterocycles. The molecule has 0 spiro atoms. The van der Waals surface area contributed by atoms with Crippen LogP contribution in [0, 0.1) is 6.92 Å². The van der Waals surface area contributed by atoms with E-state index in [-0.39, 0.29) is 5.91 Å². The highest BCUT2D eigenvalue weighted by molar-refractivity contribution is 5.95. The van der Waals surface area contributed by atoms with E-state index in [9.17, 15) is 4.79 Å². The summed E-state index contributed by atoms with van der Waals surface area (Å²) in [4.78, 5) is 14.8. The van der Waals surface area contributed by atoms with Gasteiger partial charge in [-0.3, -0.25) is 9.69 Å². The van der Waals surface area contributed by atoms with E-state index in [4.69, 9.17) is 10.5 Å². The lowest BCUT2D eigenvalue weighted by Gasteiger charge is -2.17. The average Bonchev–Trinajstić information content (AvgIpc) is 3.17. The van der Waals surface area contributed by atoms with Crippen molar-refractivity contribution in [2.75, 3.05) is 31.6 Å². The van der Waals surface area contributed by atoms with Crippen LogP contribution in [0.25, 0.3) is 0 Å².